The van der Waals surface area contributed by atoms with Gasteiger partial charge in [-0.3, -0.25) is 28.8 Å². The molecule has 14 atom stereocenters. The molecule has 2 N–H and O–H groups in total. The number of methoxy groups -OCH3 is 2. The number of amides is 3. The Balaban J connectivity index is 1.51. The summed E-state index contributed by atoms with van der Waals surface area (Å²) < 4.78 is 59.0. The zero-order valence-corrected chi connectivity index (χ0v) is 42.2. The highest BCUT2D eigenvalue weighted by Gasteiger charge is 2.56. The minimum Gasteiger partial charge on any atom is -0.456 e. The summed E-state index contributed by atoms with van der Waals surface area (Å²) in [6.07, 6.45) is 1.24. The van der Waals surface area contributed by atoms with Crippen LogP contribution in [0.1, 0.15) is 125 Å². The van der Waals surface area contributed by atoms with E-state index in [1.807, 2.05) is 19.9 Å². The Hall–Kier alpha value is -3.66. The van der Waals surface area contributed by atoms with Gasteiger partial charge in [-0.15, -0.1) is 0 Å². The van der Waals surface area contributed by atoms with Crippen molar-refractivity contribution < 1.29 is 76.5 Å². The second-order valence-corrected chi connectivity index (χ2v) is 20.6. The van der Waals surface area contributed by atoms with Gasteiger partial charge in [0, 0.05) is 57.8 Å². The highest BCUT2D eigenvalue weighted by molar-refractivity contribution is 7.95. The Kier molecular flexibility index (Phi) is 19.2. The van der Waals surface area contributed by atoms with Crippen LogP contribution in [0.5, 0.6) is 0 Å². The maximum Gasteiger partial charge on any atom is 0.533 e. The molecule has 0 radical (unpaired) electrons. The number of nitrogens with zero attached hydrogens (tertiary/aromatic N) is 2. The van der Waals surface area contributed by atoms with E-state index in [4.69, 9.17) is 41.9 Å². The molecule has 8 unspecified atom stereocenters. The van der Waals surface area contributed by atoms with Gasteiger partial charge in [-0.05, 0) is 122 Å². The van der Waals surface area contributed by atoms with Crippen LogP contribution in [0.4, 0.5) is 4.79 Å². The topological polar surface area (TPSA) is 231 Å². The second-order valence-electron chi connectivity index (χ2n) is 19.8. The first kappa shape index (κ1) is 51.7. The molecule has 18 nitrogen and oxygen atoms in total. The van der Waals surface area contributed by atoms with Gasteiger partial charge >= 0.3 is 12.1 Å². The molecule has 4 fully saturated rings. The van der Waals surface area contributed by atoms with Crippen LogP contribution >= 0.6 is 12.0 Å². The number of piperidine rings is 1. The largest absolute Gasteiger partial charge is 0.533 e. The zero-order valence-electron chi connectivity index (χ0n) is 44.4. The zero-order chi connectivity index (χ0) is 53.0. The number of rotatable bonds is 13. The fraction of sp³-hybridized carbons (Fsp3) is 0.776. The number of fused-ring (bicyclic) bond motifs is 3. The summed E-state index contributed by atoms with van der Waals surface area (Å²) in [4.78, 5) is 101. The number of carbonyl (C=O) groups excluding carboxylic acids is 7. The van der Waals surface area contributed by atoms with Crippen molar-refractivity contribution in [3.05, 3.63) is 23.3 Å². The SMILES string of the molecule is [2H]B([3H])CSO[C@@H]1CCC(/C=C(\C)[C@H]2OC(=O)C3CCCCN3C(=O)C(=O)C3(O)OC(C(OC)CC3C)[C@@H](OC)C[C@@H](C)C/C(C)=C/[C@@H](CCOC(=O)ON3C(=O)CCC3=O)C(=O)CC(O[3H])[C@H]2C)CC1C. The van der Waals surface area contributed by atoms with Gasteiger partial charge < -0.3 is 43.0 Å². The molecule has 4 aliphatic heterocycles. The minimum atomic E-state index is -2.60. The van der Waals surface area contributed by atoms with Gasteiger partial charge in [-0.1, -0.05) is 50.5 Å². The van der Waals surface area contributed by atoms with E-state index in [9.17, 15) is 38.7 Å². The normalized spacial score (nSPS) is 37.6. The van der Waals surface area contributed by atoms with Crippen LogP contribution in [0, 0.1) is 35.5 Å². The molecule has 0 aromatic rings. The third kappa shape index (κ3) is 14.3. The lowest BCUT2D eigenvalue weighted by Gasteiger charge is -2.47. The van der Waals surface area contributed by atoms with Crippen LogP contribution in [0.25, 0.3) is 0 Å². The Morgan fingerprint density at radius 3 is 2.39 bits per heavy atom. The van der Waals surface area contributed by atoms with Gasteiger partial charge in [-0.2, -0.15) is 0 Å². The Labute approximate surface area is 416 Å². The number of carbonyl (C=O) groups is 7. The second kappa shape index (κ2) is 25.6. The van der Waals surface area contributed by atoms with Gasteiger partial charge in [0.1, 0.15) is 31.8 Å². The van der Waals surface area contributed by atoms with Crippen molar-refractivity contribution in [3.8, 4) is 0 Å². The third-order valence-electron chi connectivity index (χ3n) is 14.5. The summed E-state index contributed by atoms with van der Waals surface area (Å²) in [6, 6.07) is -1.23. The first-order valence-electron chi connectivity index (χ1n) is 26.0. The smallest absolute Gasteiger partial charge is 0.456 e. The number of aliphatic hydroxyl groups excluding tert-OH is 1. The molecule has 69 heavy (non-hydrogen) atoms. The van der Waals surface area contributed by atoms with E-state index in [2.05, 4.69) is 6.92 Å². The molecule has 386 valence electrons. The summed E-state index contributed by atoms with van der Waals surface area (Å²) in [7, 11) is 1.94. The summed E-state index contributed by atoms with van der Waals surface area (Å²) in [6.45, 7) is 10.6. The number of ether oxygens (including phenoxy) is 5. The van der Waals surface area contributed by atoms with Gasteiger partial charge in [0.2, 0.25) is 7.22 Å². The molecule has 4 heterocycles. The standard InChI is InChI=1S/C49H75BN2O16S/c1-27-19-28(2)21-39(62-7)44-40(63-8)24-31(5)49(61,66-44)45(57)46(58)51-17-10-9-11-35(51)47(59)65-43(30(4)23-33-12-13-38(29(3)22-33)68-69-26-50)32(6)36(53)25-37(54)34(20-27)16-18-64-48(60)67-52-41(55)14-15-42(52)56/h20,23,28-29,31-36,38-40,43-44,53,61H,9-19,21-22,24-26,50H2,1-8H3/b27-20+,30-23+/t28-,29?,31?,32+,33?,34+,35?,36?,38+,39-,40?,43+,44?,49?/m0/s1/i50TD,53T. The van der Waals surface area contributed by atoms with E-state index < -0.39 is 104 Å². The maximum atomic E-state index is 14.6. The van der Waals surface area contributed by atoms with Crippen molar-refractivity contribution in [3.63, 3.8) is 0 Å². The van der Waals surface area contributed by atoms with Crippen LogP contribution in [0.15, 0.2) is 23.3 Å². The number of Topliss-reactive ketones (excluding diaryl/α,β-unsaturated/α-hetero) is 2. The lowest BCUT2D eigenvalue weighted by molar-refractivity contribution is -0.302. The van der Waals surface area contributed by atoms with E-state index in [0.717, 1.165) is 22.5 Å². The predicted molar refractivity (Wildman–Crippen MR) is 254 cm³/mol. The molecular weight excluding hydrogens is 915 g/mol. The lowest BCUT2D eigenvalue weighted by atomic mass is 9.78. The average molecular weight is 996 g/mol. The van der Waals surface area contributed by atoms with Gasteiger partial charge in [0.25, 0.3) is 23.5 Å². The van der Waals surface area contributed by atoms with Crippen LogP contribution in [0.2, 0.25) is 0 Å². The highest BCUT2D eigenvalue weighted by atomic mass is 32.2. The van der Waals surface area contributed by atoms with E-state index >= 15 is 0 Å². The number of hydroxylamine groups is 2. The lowest BCUT2D eigenvalue weighted by Crippen LogP contribution is -2.64. The van der Waals surface area contributed by atoms with Crippen molar-refractivity contribution in [2.75, 3.05) is 33.0 Å². The number of cyclic esters (lactones) is 1. The van der Waals surface area contributed by atoms with Crippen molar-refractivity contribution in [1.29, 1.82) is 4.10 Å². The first-order chi connectivity index (χ1) is 34.1. The number of imide groups is 1. The Morgan fingerprint density at radius 2 is 1.72 bits per heavy atom. The summed E-state index contributed by atoms with van der Waals surface area (Å²) in [5.74, 6) is -10.2. The molecule has 5 aliphatic rings. The molecule has 1 saturated carbocycles. The first-order valence-corrected chi connectivity index (χ1v) is 25.4. The van der Waals surface area contributed by atoms with Crippen LogP contribution in [-0.4, -0.2) is 155 Å². The van der Waals surface area contributed by atoms with E-state index in [0.29, 0.717) is 55.6 Å². The molecule has 3 amide bonds. The predicted octanol–water partition coefficient (Wildman–Crippen LogP) is 4.55. The van der Waals surface area contributed by atoms with Gasteiger partial charge in [-0.25, -0.2) is 9.59 Å². The Morgan fingerprint density at radius 1 is 1.01 bits per heavy atom. The van der Waals surface area contributed by atoms with Crippen LogP contribution < -0.4 is 0 Å². The summed E-state index contributed by atoms with van der Waals surface area (Å²) >= 11 is 1.12. The van der Waals surface area contributed by atoms with Gasteiger partial charge in [0.15, 0.2) is 0 Å². The number of hydrogen-bond donors (Lipinski definition) is 2. The summed E-state index contributed by atoms with van der Waals surface area (Å²) in [5, 5.41) is 17.9. The van der Waals surface area contributed by atoms with Crippen molar-refractivity contribution in [2.24, 2.45) is 35.5 Å². The molecular formula is C49H75BN2O16S. The summed E-state index contributed by atoms with van der Waals surface area (Å²) in [5.41, 5.74) is 1.59. The molecule has 1 aliphatic carbocycles. The maximum absolute atomic E-state index is 14.6. The highest BCUT2D eigenvalue weighted by Crippen LogP contribution is 2.40. The molecule has 0 aromatic carbocycles. The van der Waals surface area contributed by atoms with Gasteiger partial charge in [0.05, 0.1) is 31.0 Å². The van der Waals surface area contributed by atoms with E-state index in [-0.39, 0.29) is 87.0 Å². The fourth-order valence-electron chi connectivity index (χ4n) is 10.6. The number of ketones is 2. The van der Waals surface area contributed by atoms with Crippen molar-refractivity contribution in [2.45, 2.75) is 173 Å². The molecule has 5 rings (SSSR count). The molecule has 0 spiro atoms. The molecule has 20 heteroatoms. The number of hydrogen-bond acceptors (Lipinski definition) is 17. The monoisotopic (exact) mass is 996 g/mol. The van der Waals surface area contributed by atoms with Crippen molar-refractivity contribution in [1.82, 2.24) is 9.96 Å². The molecule has 0 aromatic heterocycles. The quantitative estimate of drug-likeness (QED) is 0.0644. The molecule has 2 bridgehead atoms. The number of esters is 1. The molecule has 3 saturated heterocycles. The van der Waals surface area contributed by atoms with Crippen LogP contribution in [-0.2, 0) is 61.5 Å². The number of allylic oxidation sites excluding steroid dienone is 3. The van der Waals surface area contributed by atoms with Crippen LogP contribution in [0.3, 0.4) is 0 Å². The minimum absolute atomic E-state index is 0.00845. The number of aliphatic hydroxyl groups is 2. The third-order valence-corrected chi connectivity index (χ3v) is 15.1. The van der Waals surface area contributed by atoms with E-state index in [1.165, 1.54) is 14.2 Å². The van der Waals surface area contributed by atoms with E-state index in [1.54, 1.807) is 26.8 Å². The fourth-order valence-corrected chi connectivity index (χ4v) is 11.1. The Bertz CT molecular complexity index is 1990. The van der Waals surface area contributed by atoms with Crippen molar-refractivity contribution >= 4 is 61.2 Å². The average Bonchev–Trinajstić information content (AvgIpc) is 3.65.